The molecule has 1 aliphatic rings. The molecule has 2 aromatic heterocycles. The molecule has 3 heterocycles. The molecule has 2 aromatic rings. The highest BCUT2D eigenvalue weighted by Gasteiger charge is 2.52. The zero-order valence-corrected chi connectivity index (χ0v) is 12.7. The predicted molar refractivity (Wildman–Crippen MR) is 80.3 cm³/mol. The third kappa shape index (κ3) is 2.20. The van der Waals surface area contributed by atoms with Crippen LogP contribution < -0.4 is 5.59 Å². The number of nitrogens with zero attached hydrogens (tertiary/aromatic N) is 2. The molecule has 1 aliphatic heterocycles. The summed E-state index contributed by atoms with van der Waals surface area (Å²) in [6.07, 6.45) is 1.71. The first-order valence-electron chi connectivity index (χ1n) is 6.56. The Morgan fingerprint density at radius 3 is 2.40 bits per heavy atom. The molecule has 20 heavy (non-hydrogen) atoms. The molecule has 0 atom stereocenters. The van der Waals surface area contributed by atoms with Gasteiger partial charge in [0.2, 0.25) is 0 Å². The zero-order valence-electron chi connectivity index (χ0n) is 12.0. The molecule has 6 heteroatoms. The Hall–Kier alpha value is -1.17. The van der Waals surface area contributed by atoms with Crippen LogP contribution in [-0.2, 0) is 9.31 Å². The molecular formula is C14H16BClN2O2. The summed E-state index contributed by atoms with van der Waals surface area (Å²) in [5.41, 5.74) is 0.796. The van der Waals surface area contributed by atoms with E-state index in [1.807, 2.05) is 39.8 Å². The van der Waals surface area contributed by atoms with Crippen LogP contribution in [0.15, 0.2) is 24.4 Å². The lowest BCUT2D eigenvalue weighted by Crippen LogP contribution is -2.41. The van der Waals surface area contributed by atoms with Crippen molar-refractivity contribution >= 4 is 35.2 Å². The van der Waals surface area contributed by atoms with Crippen LogP contribution in [0.3, 0.4) is 0 Å². The molecule has 0 radical (unpaired) electrons. The molecule has 0 aromatic carbocycles. The fraction of sp³-hybridized carbons (Fsp3) is 0.429. The van der Waals surface area contributed by atoms with Gasteiger partial charge in [-0.25, -0.2) is 4.98 Å². The van der Waals surface area contributed by atoms with Gasteiger partial charge >= 0.3 is 7.12 Å². The van der Waals surface area contributed by atoms with Gasteiger partial charge in [0, 0.05) is 17.6 Å². The minimum absolute atomic E-state index is 0.371. The van der Waals surface area contributed by atoms with Gasteiger partial charge in [0.1, 0.15) is 5.15 Å². The van der Waals surface area contributed by atoms with Crippen LogP contribution >= 0.6 is 11.6 Å². The van der Waals surface area contributed by atoms with Crippen molar-refractivity contribution in [1.82, 2.24) is 9.97 Å². The van der Waals surface area contributed by atoms with Gasteiger partial charge < -0.3 is 9.31 Å². The fourth-order valence-electron chi connectivity index (χ4n) is 2.10. The molecule has 0 spiro atoms. The summed E-state index contributed by atoms with van der Waals surface area (Å²) < 4.78 is 12.0. The van der Waals surface area contributed by atoms with E-state index in [9.17, 15) is 0 Å². The standard InChI is InChI=1S/C14H16BClN2O2/c1-13(2)14(3,4)20-15(19-13)11-6-5-9-8-17-12(16)7-10(9)18-11/h5-8H,1-4H3. The van der Waals surface area contributed by atoms with Crippen LogP contribution in [-0.4, -0.2) is 28.3 Å². The van der Waals surface area contributed by atoms with Crippen molar-refractivity contribution < 1.29 is 9.31 Å². The van der Waals surface area contributed by atoms with Crippen LogP contribution in [0.25, 0.3) is 10.9 Å². The van der Waals surface area contributed by atoms with Crippen LogP contribution in [0.2, 0.25) is 5.15 Å². The largest absolute Gasteiger partial charge is 0.514 e. The van der Waals surface area contributed by atoms with Gasteiger partial charge in [-0.15, -0.1) is 0 Å². The fourth-order valence-corrected chi connectivity index (χ4v) is 2.25. The van der Waals surface area contributed by atoms with Crippen molar-refractivity contribution in [3.05, 3.63) is 29.5 Å². The maximum absolute atomic E-state index is 6.00. The van der Waals surface area contributed by atoms with Crippen molar-refractivity contribution in [3.63, 3.8) is 0 Å². The Morgan fingerprint density at radius 1 is 1.10 bits per heavy atom. The maximum atomic E-state index is 6.00. The van der Waals surface area contributed by atoms with Crippen LogP contribution in [0, 0.1) is 0 Å². The Labute approximate surface area is 123 Å². The highest BCUT2D eigenvalue weighted by Crippen LogP contribution is 2.36. The Morgan fingerprint density at radius 2 is 1.75 bits per heavy atom. The molecule has 0 N–H and O–H groups in total. The van der Waals surface area contributed by atoms with E-state index in [0.717, 1.165) is 16.5 Å². The monoisotopic (exact) mass is 290 g/mol. The van der Waals surface area contributed by atoms with Crippen molar-refractivity contribution in [2.75, 3.05) is 0 Å². The van der Waals surface area contributed by atoms with Crippen LogP contribution in [0.4, 0.5) is 0 Å². The van der Waals surface area contributed by atoms with E-state index in [-0.39, 0.29) is 11.2 Å². The lowest BCUT2D eigenvalue weighted by molar-refractivity contribution is 0.00578. The minimum atomic E-state index is -0.462. The van der Waals surface area contributed by atoms with Crippen molar-refractivity contribution in [2.45, 2.75) is 38.9 Å². The third-order valence-corrected chi connectivity index (χ3v) is 4.26. The summed E-state index contributed by atoms with van der Waals surface area (Å²) in [7, 11) is -0.462. The van der Waals surface area contributed by atoms with E-state index in [4.69, 9.17) is 20.9 Å². The second-order valence-electron chi connectivity index (χ2n) is 6.02. The smallest absolute Gasteiger partial charge is 0.398 e. The number of aromatic nitrogens is 2. The molecular weight excluding hydrogens is 274 g/mol. The lowest BCUT2D eigenvalue weighted by Gasteiger charge is -2.32. The molecule has 3 rings (SSSR count). The van der Waals surface area contributed by atoms with E-state index in [0.29, 0.717) is 5.15 Å². The molecule has 1 fully saturated rings. The number of fused-ring (bicyclic) bond motifs is 1. The predicted octanol–water partition coefficient (Wildman–Crippen LogP) is 2.58. The van der Waals surface area contributed by atoms with Crippen molar-refractivity contribution in [2.24, 2.45) is 0 Å². The molecule has 104 valence electrons. The first-order chi connectivity index (χ1) is 9.28. The van der Waals surface area contributed by atoms with Crippen LogP contribution in [0.5, 0.6) is 0 Å². The topological polar surface area (TPSA) is 44.2 Å². The Kier molecular flexibility index (Phi) is 3.05. The van der Waals surface area contributed by atoms with Crippen molar-refractivity contribution in [1.29, 1.82) is 0 Å². The van der Waals surface area contributed by atoms with E-state index in [2.05, 4.69) is 9.97 Å². The molecule has 0 unspecified atom stereocenters. The molecule has 4 nitrogen and oxygen atoms in total. The number of rotatable bonds is 1. The van der Waals surface area contributed by atoms with Gasteiger partial charge in [0.15, 0.2) is 0 Å². The summed E-state index contributed by atoms with van der Waals surface area (Å²) >= 11 is 5.91. The van der Waals surface area contributed by atoms with Gasteiger partial charge in [0.25, 0.3) is 0 Å². The number of hydrogen-bond donors (Lipinski definition) is 0. The molecule has 0 aliphatic carbocycles. The summed E-state index contributed by atoms with van der Waals surface area (Å²) in [5, 5.41) is 1.37. The highest BCUT2D eigenvalue weighted by molar-refractivity contribution is 6.61. The summed E-state index contributed by atoms with van der Waals surface area (Å²) in [6.45, 7) is 8.09. The number of halogens is 1. The van der Waals surface area contributed by atoms with Crippen molar-refractivity contribution in [3.8, 4) is 0 Å². The summed E-state index contributed by atoms with van der Waals surface area (Å²) in [6, 6.07) is 5.59. The lowest BCUT2D eigenvalue weighted by atomic mass is 9.84. The first kappa shape index (κ1) is 13.8. The maximum Gasteiger partial charge on any atom is 0.514 e. The third-order valence-electron chi connectivity index (χ3n) is 4.06. The molecule has 1 saturated heterocycles. The SMILES string of the molecule is CC1(C)OB(c2ccc3cnc(Cl)cc3n2)OC1(C)C. The second-order valence-corrected chi connectivity index (χ2v) is 6.41. The Balaban J connectivity index is 2.00. The number of hydrogen-bond acceptors (Lipinski definition) is 4. The van der Waals surface area contributed by atoms with Gasteiger partial charge in [0.05, 0.1) is 22.3 Å². The summed E-state index contributed by atoms with van der Waals surface area (Å²) in [4.78, 5) is 8.62. The summed E-state index contributed by atoms with van der Waals surface area (Å²) in [5.74, 6) is 0. The molecule has 0 amide bonds. The number of pyridine rings is 2. The van der Waals surface area contributed by atoms with E-state index in [1.54, 1.807) is 12.3 Å². The van der Waals surface area contributed by atoms with Gasteiger partial charge in [-0.05, 0) is 33.8 Å². The first-order valence-corrected chi connectivity index (χ1v) is 6.94. The average molecular weight is 291 g/mol. The van der Waals surface area contributed by atoms with E-state index >= 15 is 0 Å². The molecule has 0 saturated carbocycles. The molecule has 0 bridgehead atoms. The second kappa shape index (κ2) is 4.42. The Bertz CT molecular complexity index is 659. The van der Waals surface area contributed by atoms with Gasteiger partial charge in [-0.1, -0.05) is 17.7 Å². The normalized spacial score (nSPS) is 20.6. The van der Waals surface area contributed by atoms with E-state index in [1.165, 1.54) is 0 Å². The minimum Gasteiger partial charge on any atom is -0.398 e. The van der Waals surface area contributed by atoms with Gasteiger partial charge in [-0.2, -0.15) is 0 Å². The van der Waals surface area contributed by atoms with Gasteiger partial charge in [-0.3, -0.25) is 4.98 Å². The average Bonchev–Trinajstić information content (AvgIpc) is 2.57. The zero-order chi connectivity index (χ0) is 14.5. The van der Waals surface area contributed by atoms with Crippen LogP contribution in [0.1, 0.15) is 27.7 Å². The quantitative estimate of drug-likeness (QED) is 0.598. The highest BCUT2D eigenvalue weighted by atomic mass is 35.5. The van der Waals surface area contributed by atoms with E-state index < -0.39 is 7.12 Å².